The predicted octanol–water partition coefficient (Wildman–Crippen LogP) is 3.88. The molecule has 1 unspecified atom stereocenters. The zero-order valence-corrected chi connectivity index (χ0v) is 13.2. The number of benzene rings is 1. The van der Waals surface area contributed by atoms with Crippen LogP contribution in [0.5, 0.6) is 5.75 Å². The van der Waals surface area contributed by atoms with Gasteiger partial charge >= 0.3 is 0 Å². The lowest BCUT2D eigenvalue weighted by Crippen LogP contribution is -2.47. The van der Waals surface area contributed by atoms with Gasteiger partial charge < -0.3 is 10.1 Å². The summed E-state index contributed by atoms with van der Waals surface area (Å²) in [5.41, 5.74) is 1.68. The van der Waals surface area contributed by atoms with E-state index < -0.39 is 0 Å². The van der Waals surface area contributed by atoms with Crippen LogP contribution in [0.15, 0.2) is 24.3 Å². The van der Waals surface area contributed by atoms with Crippen LogP contribution in [0.1, 0.15) is 38.8 Å². The van der Waals surface area contributed by atoms with Gasteiger partial charge in [0.05, 0.1) is 7.11 Å². The number of nitrogens with one attached hydrogen (secondary N) is 1. The maximum Gasteiger partial charge on any atom is 0.119 e. The molecule has 0 aromatic heterocycles. The van der Waals surface area contributed by atoms with Crippen LogP contribution in [0.2, 0.25) is 0 Å². The van der Waals surface area contributed by atoms with E-state index in [9.17, 15) is 0 Å². The first-order valence-electron chi connectivity index (χ1n) is 7.00. The van der Waals surface area contributed by atoms with Crippen molar-refractivity contribution in [1.82, 2.24) is 5.32 Å². The van der Waals surface area contributed by atoms with Crippen LogP contribution in [0.4, 0.5) is 0 Å². The monoisotopic (exact) mass is 279 g/mol. The number of hydrogen-bond acceptors (Lipinski definition) is 3. The summed E-state index contributed by atoms with van der Waals surface area (Å²) in [6.45, 7) is 7.00. The molecule has 0 radical (unpaired) electrons. The fourth-order valence-corrected chi connectivity index (χ4v) is 4.14. The minimum absolute atomic E-state index is 0.359. The fraction of sp³-hybridized carbons (Fsp3) is 0.625. The van der Waals surface area contributed by atoms with Gasteiger partial charge in [0.15, 0.2) is 0 Å². The average Bonchev–Trinajstić information content (AvgIpc) is 2.41. The molecule has 0 amide bonds. The van der Waals surface area contributed by atoms with Gasteiger partial charge in [-0.25, -0.2) is 0 Å². The molecule has 1 aromatic carbocycles. The Balaban J connectivity index is 2.05. The Morgan fingerprint density at radius 2 is 2.21 bits per heavy atom. The lowest BCUT2D eigenvalue weighted by molar-refractivity contribution is 0.232. The van der Waals surface area contributed by atoms with E-state index >= 15 is 0 Å². The standard InChI is InChI=1S/C16H25NOS/c1-12(13-6-5-7-14(10-13)18-4)17-15-11-19-9-8-16(15,2)3/h5-7,10,12,15,17H,8-9,11H2,1-4H3/t12-,15?/m0/s1. The van der Waals surface area contributed by atoms with E-state index in [4.69, 9.17) is 4.74 Å². The highest BCUT2D eigenvalue weighted by Gasteiger charge is 2.33. The molecular formula is C16H25NOS. The lowest BCUT2D eigenvalue weighted by atomic mass is 9.81. The van der Waals surface area contributed by atoms with Crippen molar-refractivity contribution >= 4 is 11.8 Å². The Morgan fingerprint density at radius 1 is 1.42 bits per heavy atom. The molecular weight excluding hydrogens is 254 g/mol. The van der Waals surface area contributed by atoms with Gasteiger partial charge in [0.25, 0.3) is 0 Å². The van der Waals surface area contributed by atoms with Crippen LogP contribution in [0.25, 0.3) is 0 Å². The molecule has 0 saturated carbocycles. The molecule has 0 bridgehead atoms. The van der Waals surface area contributed by atoms with E-state index in [2.05, 4.69) is 56.0 Å². The van der Waals surface area contributed by atoms with E-state index in [1.54, 1.807) is 7.11 Å². The summed E-state index contributed by atoms with van der Waals surface area (Å²) in [5.74, 6) is 3.43. The summed E-state index contributed by atoms with van der Waals surface area (Å²) in [6, 6.07) is 9.29. The van der Waals surface area contributed by atoms with Crippen molar-refractivity contribution in [2.45, 2.75) is 39.3 Å². The molecule has 1 aliphatic heterocycles. The smallest absolute Gasteiger partial charge is 0.119 e. The highest BCUT2D eigenvalue weighted by Crippen LogP contribution is 2.35. The van der Waals surface area contributed by atoms with Crippen molar-refractivity contribution in [3.8, 4) is 5.75 Å². The Bertz CT molecular complexity index is 419. The first kappa shape index (κ1) is 14.7. The zero-order valence-electron chi connectivity index (χ0n) is 12.4. The first-order chi connectivity index (χ1) is 9.03. The molecule has 0 aliphatic carbocycles. The highest BCUT2D eigenvalue weighted by atomic mass is 32.2. The number of rotatable bonds is 4. The average molecular weight is 279 g/mol. The summed E-state index contributed by atoms with van der Waals surface area (Å²) in [7, 11) is 1.72. The summed E-state index contributed by atoms with van der Waals surface area (Å²) >= 11 is 2.06. The maximum atomic E-state index is 5.30. The second-order valence-corrected chi connectivity index (χ2v) is 7.18. The fourth-order valence-electron chi connectivity index (χ4n) is 2.52. The van der Waals surface area contributed by atoms with E-state index in [0.29, 0.717) is 17.5 Å². The van der Waals surface area contributed by atoms with Gasteiger partial charge in [-0.1, -0.05) is 26.0 Å². The molecule has 0 spiro atoms. The van der Waals surface area contributed by atoms with Gasteiger partial charge in [-0.3, -0.25) is 0 Å². The largest absolute Gasteiger partial charge is 0.497 e. The third kappa shape index (κ3) is 3.67. The summed E-state index contributed by atoms with van der Waals surface area (Å²) in [5, 5.41) is 3.80. The lowest BCUT2D eigenvalue weighted by Gasteiger charge is -2.40. The van der Waals surface area contributed by atoms with E-state index in [1.807, 2.05) is 6.07 Å². The quantitative estimate of drug-likeness (QED) is 0.904. The minimum Gasteiger partial charge on any atom is -0.497 e. The van der Waals surface area contributed by atoms with Crippen LogP contribution in [-0.4, -0.2) is 24.7 Å². The molecule has 1 N–H and O–H groups in total. The Labute approximate surface area is 121 Å². The molecule has 2 nitrogen and oxygen atoms in total. The van der Waals surface area contributed by atoms with E-state index in [1.165, 1.54) is 23.5 Å². The molecule has 19 heavy (non-hydrogen) atoms. The molecule has 1 saturated heterocycles. The van der Waals surface area contributed by atoms with Crippen molar-refractivity contribution in [2.24, 2.45) is 5.41 Å². The van der Waals surface area contributed by atoms with Crippen molar-refractivity contribution in [3.05, 3.63) is 29.8 Å². The summed E-state index contributed by atoms with van der Waals surface area (Å²) in [6.07, 6.45) is 1.29. The molecule has 1 fully saturated rings. The third-order valence-corrected chi connectivity index (χ3v) is 5.23. The van der Waals surface area contributed by atoms with Gasteiger partial charge in [0, 0.05) is 17.8 Å². The molecule has 106 valence electrons. The molecule has 1 aromatic rings. The van der Waals surface area contributed by atoms with Crippen molar-refractivity contribution in [2.75, 3.05) is 18.6 Å². The van der Waals surface area contributed by atoms with Crippen LogP contribution in [0, 0.1) is 5.41 Å². The topological polar surface area (TPSA) is 21.3 Å². The normalized spacial score (nSPS) is 23.9. The zero-order chi connectivity index (χ0) is 13.9. The van der Waals surface area contributed by atoms with E-state index in [0.717, 1.165) is 5.75 Å². The molecule has 3 heteroatoms. The maximum absolute atomic E-state index is 5.30. The van der Waals surface area contributed by atoms with Crippen LogP contribution >= 0.6 is 11.8 Å². The van der Waals surface area contributed by atoms with Gasteiger partial charge in [0.2, 0.25) is 0 Å². The van der Waals surface area contributed by atoms with Gasteiger partial charge in [0.1, 0.15) is 5.75 Å². The molecule has 2 rings (SSSR count). The Kier molecular flexibility index (Phi) is 4.80. The highest BCUT2D eigenvalue weighted by molar-refractivity contribution is 7.99. The second kappa shape index (κ2) is 6.19. The van der Waals surface area contributed by atoms with E-state index in [-0.39, 0.29) is 0 Å². The van der Waals surface area contributed by atoms with Crippen LogP contribution in [0.3, 0.4) is 0 Å². The first-order valence-corrected chi connectivity index (χ1v) is 8.16. The minimum atomic E-state index is 0.359. The summed E-state index contributed by atoms with van der Waals surface area (Å²) < 4.78 is 5.30. The molecule has 1 heterocycles. The van der Waals surface area contributed by atoms with Crippen molar-refractivity contribution in [1.29, 1.82) is 0 Å². The number of thioether (sulfide) groups is 1. The van der Waals surface area contributed by atoms with Crippen molar-refractivity contribution < 1.29 is 4.74 Å². The number of methoxy groups -OCH3 is 1. The van der Waals surface area contributed by atoms with Crippen LogP contribution < -0.4 is 10.1 Å². The third-order valence-electron chi connectivity index (χ3n) is 4.16. The Morgan fingerprint density at radius 3 is 2.89 bits per heavy atom. The Hall–Kier alpha value is -0.670. The molecule has 2 atom stereocenters. The number of hydrogen-bond donors (Lipinski definition) is 1. The van der Waals surface area contributed by atoms with Crippen molar-refractivity contribution in [3.63, 3.8) is 0 Å². The molecule has 1 aliphatic rings. The SMILES string of the molecule is COc1cccc([C@H](C)NC2CSCCC2(C)C)c1. The van der Waals surface area contributed by atoms with Gasteiger partial charge in [-0.05, 0) is 42.2 Å². The van der Waals surface area contributed by atoms with Gasteiger partial charge in [-0.15, -0.1) is 0 Å². The summed E-state index contributed by atoms with van der Waals surface area (Å²) in [4.78, 5) is 0. The van der Waals surface area contributed by atoms with Crippen LogP contribution in [-0.2, 0) is 0 Å². The van der Waals surface area contributed by atoms with Gasteiger partial charge in [-0.2, -0.15) is 11.8 Å². The predicted molar refractivity (Wildman–Crippen MR) is 84.1 cm³/mol. The second-order valence-electron chi connectivity index (χ2n) is 6.03. The number of ether oxygens (including phenoxy) is 1.